The predicted octanol–water partition coefficient (Wildman–Crippen LogP) is 1.03. The maximum Gasteiger partial charge on any atom is 0.224 e. The van der Waals surface area contributed by atoms with E-state index in [1.807, 2.05) is 48.5 Å². The number of aromatic nitrogens is 1. The van der Waals surface area contributed by atoms with Gasteiger partial charge >= 0.3 is 0 Å². The Balaban J connectivity index is 1.82. The van der Waals surface area contributed by atoms with Crippen LogP contribution in [0.3, 0.4) is 0 Å². The third-order valence-corrected chi connectivity index (χ3v) is 8.79. The highest BCUT2D eigenvalue weighted by atomic mass is 32.1. The molecule has 3 amide bonds. The number of rotatable bonds is 22. The number of ketones is 2. The predicted molar refractivity (Wildman–Crippen MR) is 194 cm³/mol. The number of amides is 3. The topological polar surface area (TPSA) is 277 Å². The number of aliphatic imine (C=N–C) groups is 2. The molecule has 12 N–H and O–H groups in total. The minimum absolute atomic E-state index is 0.0307. The van der Waals surface area contributed by atoms with Gasteiger partial charge in [0.2, 0.25) is 23.5 Å². The fourth-order valence-corrected chi connectivity index (χ4v) is 6.16. The number of benzene rings is 2. The fraction of sp³-hybridized carbons (Fsp3) is 0.412. The maximum absolute atomic E-state index is 14.0. The number of nitrogens with one attached hydrogen (secondary N) is 2. The number of hydrogen-bond acceptors (Lipinski definition) is 9. The molecule has 0 spiro atoms. The number of fused-ring (bicyclic) bond motifs is 1. The van der Waals surface area contributed by atoms with E-state index in [0.717, 1.165) is 10.3 Å². The molecule has 0 saturated heterocycles. The lowest BCUT2D eigenvalue weighted by atomic mass is 9.89. The maximum atomic E-state index is 14.0. The third-order valence-electron chi connectivity index (χ3n) is 7.74. The van der Waals surface area contributed by atoms with Crippen LogP contribution in [0.25, 0.3) is 10.2 Å². The van der Waals surface area contributed by atoms with Crippen LogP contribution in [0.2, 0.25) is 0 Å². The molecule has 0 saturated carbocycles. The molecule has 1 heterocycles. The van der Waals surface area contributed by atoms with Crippen LogP contribution >= 0.6 is 11.3 Å². The largest absolute Gasteiger partial charge is 0.370 e. The molecule has 15 nitrogen and oxygen atoms in total. The molecular weight excluding hydrogens is 661 g/mol. The van der Waals surface area contributed by atoms with Crippen molar-refractivity contribution in [3.8, 4) is 0 Å². The Morgan fingerprint density at radius 3 is 2.06 bits per heavy atom. The first-order valence-electron chi connectivity index (χ1n) is 16.4. The Labute approximate surface area is 294 Å². The molecule has 3 aromatic rings. The summed E-state index contributed by atoms with van der Waals surface area (Å²) in [7, 11) is 0. The third kappa shape index (κ3) is 13.6. The number of carbonyl (C=O) groups excluding carboxylic acids is 5. The van der Waals surface area contributed by atoms with Gasteiger partial charge in [-0.05, 0) is 56.2 Å². The standard InChI is InChI=1S/C34H46N10O5S/c35-28(46)16-15-23(42-29(47)14-6-7-17-40-33(36)37)26(45)20-22(19-21-9-2-1-3-10-21)31(49)43-25(12-8-18-41-34(38)39)30(48)32-44-24-11-4-5-13-27(24)50-32/h1-5,9-11,13,22-23,25H,6-8,12,14-20H2,(H2,35,46)(H,42,47)(H,43,49)(H4,36,37,40)(H4,38,39,41)/t22-,23+,25?/m1/s1. The van der Waals surface area contributed by atoms with E-state index >= 15 is 0 Å². The number of nitrogens with zero attached hydrogens (tertiary/aromatic N) is 3. The van der Waals surface area contributed by atoms with E-state index in [0.29, 0.717) is 31.3 Å². The smallest absolute Gasteiger partial charge is 0.224 e. The summed E-state index contributed by atoms with van der Waals surface area (Å²) in [5.41, 5.74) is 28.4. The summed E-state index contributed by atoms with van der Waals surface area (Å²) in [6.07, 6.45) is 1.44. The van der Waals surface area contributed by atoms with E-state index in [1.54, 1.807) is 6.07 Å². The van der Waals surface area contributed by atoms with Crippen molar-refractivity contribution < 1.29 is 24.0 Å². The molecule has 0 bridgehead atoms. The Morgan fingerprint density at radius 1 is 0.740 bits per heavy atom. The molecular formula is C34H46N10O5S. The zero-order chi connectivity index (χ0) is 36.5. The first-order valence-corrected chi connectivity index (χ1v) is 17.2. The van der Waals surface area contributed by atoms with Gasteiger partial charge < -0.3 is 39.3 Å². The molecule has 16 heteroatoms. The van der Waals surface area contributed by atoms with Crippen LogP contribution in [0.5, 0.6) is 0 Å². The van der Waals surface area contributed by atoms with Crippen LogP contribution < -0.4 is 39.3 Å². The highest BCUT2D eigenvalue weighted by molar-refractivity contribution is 7.20. The molecule has 3 atom stereocenters. The Kier molecular flexibility index (Phi) is 15.8. The lowest BCUT2D eigenvalue weighted by molar-refractivity contribution is -0.132. The number of unbranched alkanes of at least 4 members (excludes halogenated alkanes) is 1. The molecule has 268 valence electrons. The van der Waals surface area contributed by atoms with Gasteiger partial charge in [0.1, 0.15) is 0 Å². The van der Waals surface area contributed by atoms with Crippen molar-refractivity contribution >= 4 is 62.8 Å². The van der Waals surface area contributed by atoms with Gasteiger partial charge in [0.15, 0.2) is 22.7 Å². The first kappa shape index (κ1) is 39.1. The second-order valence-electron chi connectivity index (χ2n) is 11.8. The lowest BCUT2D eigenvalue weighted by Crippen LogP contribution is -2.47. The molecule has 0 aliphatic rings. The number of para-hydroxylation sites is 1. The number of thiazole rings is 1. The second-order valence-corrected chi connectivity index (χ2v) is 12.8. The van der Waals surface area contributed by atoms with Crippen LogP contribution in [-0.2, 0) is 25.6 Å². The number of hydrogen-bond donors (Lipinski definition) is 7. The van der Waals surface area contributed by atoms with Gasteiger partial charge in [0, 0.05) is 38.3 Å². The van der Waals surface area contributed by atoms with Crippen LogP contribution in [0.4, 0.5) is 0 Å². The van der Waals surface area contributed by atoms with E-state index in [1.165, 1.54) is 11.3 Å². The molecule has 0 fully saturated rings. The highest BCUT2D eigenvalue weighted by Crippen LogP contribution is 2.24. The van der Waals surface area contributed by atoms with Gasteiger partial charge in [-0.3, -0.25) is 34.0 Å². The summed E-state index contributed by atoms with van der Waals surface area (Å²) < 4.78 is 0.826. The SMILES string of the molecule is NC(=O)CC[C@H](NC(=O)CCCCN=C(N)N)C(=O)C[C@@H](Cc1ccccc1)C(=O)NC(CCCN=C(N)N)C(=O)c1nc2ccccc2s1. The van der Waals surface area contributed by atoms with E-state index in [-0.39, 0.29) is 67.8 Å². The van der Waals surface area contributed by atoms with Crippen LogP contribution in [0.15, 0.2) is 64.6 Å². The first-order chi connectivity index (χ1) is 23.9. The van der Waals surface area contributed by atoms with Gasteiger partial charge in [0.25, 0.3) is 0 Å². The summed E-state index contributed by atoms with van der Waals surface area (Å²) >= 11 is 1.22. The second kappa shape index (κ2) is 20.2. The molecule has 0 aliphatic carbocycles. The summed E-state index contributed by atoms with van der Waals surface area (Å²) in [5.74, 6) is -3.43. The zero-order valence-electron chi connectivity index (χ0n) is 27.9. The number of guanidine groups is 2. The number of Topliss-reactive ketones (excluding diaryl/α,β-unsaturated/α-hetero) is 2. The molecule has 1 unspecified atom stereocenters. The van der Waals surface area contributed by atoms with Crippen molar-refractivity contribution in [1.29, 1.82) is 0 Å². The average Bonchev–Trinajstić information content (AvgIpc) is 3.51. The van der Waals surface area contributed by atoms with Crippen molar-refractivity contribution in [3.63, 3.8) is 0 Å². The Bertz CT molecular complexity index is 1640. The van der Waals surface area contributed by atoms with Gasteiger partial charge in [-0.2, -0.15) is 0 Å². The number of nitrogens with two attached hydrogens (primary N) is 5. The monoisotopic (exact) mass is 706 g/mol. The van der Waals surface area contributed by atoms with Crippen molar-refractivity contribution in [1.82, 2.24) is 15.6 Å². The van der Waals surface area contributed by atoms with Crippen LogP contribution in [0.1, 0.15) is 66.7 Å². The summed E-state index contributed by atoms with van der Waals surface area (Å²) in [6, 6.07) is 14.4. The molecule has 50 heavy (non-hydrogen) atoms. The number of primary amides is 1. The molecule has 3 rings (SSSR count). The Hall–Kier alpha value is -5.38. The summed E-state index contributed by atoms with van der Waals surface area (Å²) in [5, 5.41) is 5.82. The minimum Gasteiger partial charge on any atom is -0.370 e. The van der Waals surface area contributed by atoms with Crippen molar-refractivity contribution in [2.45, 2.75) is 69.9 Å². The number of carbonyl (C=O) groups is 5. The van der Waals surface area contributed by atoms with Crippen LogP contribution in [0, 0.1) is 5.92 Å². The van der Waals surface area contributed by atoms with Crippen molar-refractivity contribution in [2.75, 3.05) is 13.1 Å². The van der Waals surface area contributed by atoms with E-state index < -0.39 is 41.5 Å². The van der Waals surface area contributed by atoms with Gasteiger partial charge in [-0.25, -0.2) is 4.98 Å². The van der Waals surface area contributed by atoms with Crippen LogP contribution in [-0.4, -0.2) is 71.4 Å². The quantitative estimate of drug-likeness (QED) is 0.0337. The van der Waals surface area contributed by atoms with Gasteiger partial charge in [0.05, 0.1) is 22.3 Å². The Morgan fingerprint density at radius 2 is 1.40 bits per heavy atom. The fourth-order valence-electron chi connectivity index (χ4n) is 5.20. The summed E-state index contributed by atoms with van der Waals surface area (Å²) in [6.45, 7) is 0.593. The van der Waals surface area contributed by atoms with Gasteiger partial charge in [-0.15, -0.1) is 11.3 Å². The zero-order valence-corrected chi connectivity index (χ0v) is 28.7. The molecule has 1 aromatic heterocycles. The molecule has 2 aromatic carbocycles. The van der Waals surface area contributed by atoms with Gasteiger partial charge in [-0.1, -0.05) is 42.5 Å². The molecule has 0 radical (unpaired) electrons. The van der Waals surface area contributed by atoms with Crippen molar-refractivity contribution in [3.05, 3.63) is 65.2 Å². The van der Waals surface area contributed by atoms with E-state index in [9.17, 15) is 24.0 Å². The molecule has 0 aliphatic heterocycles. The normalized spacial score (nSPS) is 12.6. The lowest BCUT2D eigenvalue weighted by Gasteiger charge is -2.24. The highest BCUT2D eigenvalue weighted by Gasteiger charge is 2.32. The van der Waals surface area contributed by atoms with E-state index in [4.69, 9.17) is 28.7 Å². The van der Waals surface area contributed by atoms with Crippen molar-refractivity contribution in [2.24, 2.45) is 44.6 Å². The summed E-state index contributed by atoms with van der Waals surface area (Å²) in [4.78, 5) is 78.3. The average molecular weight is 707 g/mol. The minimum atomic E-state index is -1.06. The van der Waals surface area contributed by atoms with E-state index in [2.05, 4.69) is 25.6 Å².